The summed E-state index contributed by atoms with van der Waals surface area (Å²) in [5.74, 6) is 2.83. The topological polar surface area (TPSA) is 218 Å². The van der Waals surface area contributed by atoms with Crippen LogP contribution in [0.2, 0.25) is 0 Å². The van der Waals surface area contributed by atoms with Crippen LogP contribution >= 0.6 is 56.9 Å². The summed E-state index contributed by atoms with van der Waals surface area (Å²) in [5, 5.41) is -0.897. The molecule has 2 N–H and O–H groups in total. The maximum atomic E-state index is 11.8. The molecule has 20 heteroatoms. The van der Waals surface area contributed by atoms with Crippen molar-refractivity contribution >= 4 is 121 Å². The van der Waals surface area contributed by atoms with Crippen molar-refractivity contribution in [2.45, 2.75) is 92.6 Å². The van der Waals surface area contributed by atoms with Gasteiger partial charge in [-0.05, 0) is 69.2 Å². The molecule has 2 saturated heterocycles. The monoisotopic (exact) mass is 948 g/mol. The van der Waals surface area contributed by atoms with Crippen LogP contribution in [0.1, 0.15) is 82.1 Å². The highest BCUT2D eigenvalue weighted by molar-refractivity contribution is 8.76. The average Bonchev–Trinajstić information content (AvgIpc) is 3.54. The summed E-state index contributed by atoms with van der Waals surface area (Å²) in [6.07, 6.45) is 0.286. The number of nitrogens with one attached hydrogen (secondary N) is 2. The van der Waals surface area contributed by atoms with E-state index in [1.165, 1.54) is 51.3 Å². The van der Waals surface area contributed by atoms with Gasteiger partial charge in [-0.25, -0.2) is 0 Å². The lowest BCUT2D eigenvalue weighted by atomic mass is 10.3. The highest BCUT2D eigenvalue weighted by Gasteiger charge is 2.40. The number of Topliss-reactive ketones (excluding diaryl/α,β-unsaturated/α-hetero) is 7. The molecular formula is C41H64N4O11S5. The predicted molar refractivity (Wildman–Crippen MR) is 253 cm³/mol. The van der Waals surface area contributed by atoms with E-state index in [1.807, 2.05) is 13.8 Å². The molecule has 344 valence electrons. The molecule has 2 heterocycles. The number of amides is 4. The Bertz CT molecular complexity index is 1460. The lowest BCUT2D eigenvalue weighted by molar-refractivity contribution is -0.141. The molecular weight excluding hydrogens is 885 g/mol. The molecule has 4 amide bonds. The quantitative estimate of drug-likeness (QED) is 0.0440. The van der Waals surface area contributed by atoms with Crippen LogP contribution in [0.4, 0.5) is 0 Å². The first-order valence-corrected chi connectivity index (χ1v) is 24.5. The Morgan fingerprint density at radius 3 is 1.15 bits per heavy atom. The molecule has 0 radical (unpaired) electrons. The first-order chi connectivity index (χ1) is 28.2. The minimum atomic E-state index is -0.504. The number of hydrogen-bond donors (Lipinski definition) is 2. The van der Waals surface area contributed by atoms with Crippen LogP contribution in [0.15, 0.2) is 36.5 Å². The van der Waals surface area contributed by atoms with Gasteiger partial charge in [-0.3, -0.25) is 73.4 Å². The largest absolute Gasteiger partial charge is 0.299 e. The number of hydrogen-bond acceptors (Lipinski definition) is 18. The van der Waals surface area contributed by atoms with E-state index >= 15 is 0 Å². The summed E-state index contributed by atoms with van der Waals surface area (Å²) in [6.45, 7) is 27.9. The zero-order valence-corrected chi connectivity index (χ0v) is 41.3. The van der Waals surface area contributed by atoms with Gasteiger partial charge in [0.1, 0.15) is 40.5 Å². The molecule has 0 aromatic heterocycles. The van der Waals surface area contributed by atoms with Crippen molar-refractivity contribution < 1.29 is 52.7 Å². The summed E-state index contributed by atoms with van der Waals surface area (Å²) >= 11 is 4.03. The highest BCUT2D eigenvalue weighted by atomic mass is 33.1. The van der Waals surface area contributed by atoms with Gasteiger partial charge in [0.15, 0.2) is 0 Å². The van der Waals surface area contributed by atoms with E-state index in [9.17, 15) is 52.7 Å². The standard InChI is InChI=1S/C11H15NO3S.C10H13NO4S.C7H12OS2.C7H12OS.C6H12N2O2/c1-7(2)5-12-10(14)4-9(11(12)15)16-6-8(3)13;1-6(12)4-11-9(14)3-8(10(11)15)16-5-7(2)13;1-6(2)4-9-10-5-7(3)8;1-6(2)4-9-5-7(3)8;1-5(9)3-7-8-4-6(2)10/h9H,1,4-6H2,2-3H3;8H,3-5H2,1-2H3;1,4-5H2,2-3H3;1,4-5H2,2-3H3;7-8H,3-4H2,1-2H3. The number of hydrazine groups is 1. The Hall–Kier alpha value is -3.14. The zero-order chi connectivity index (χ0) is 47.8. The molecule has 15 nitrogen and oxygen atoms in total. The van der Waals surface area contributed by atoms with Crippen LogP contribution < -0.4 is 10.9 Å². The van der Waals surface area contributed by atoms with Gasteiger partial charge in [-0.15, -0.1) is 35.3 Å². The SMILES string of the molecule is C=C(C)CN1C(=O)CC(SCC(C)=O)C1=O.C=C(C)CSCC(C)=O.C=C(C)CSSCC(C)=O.CC(=O)CNNCC(C)=O.CC(=O)CSC1CC(=O)N(CC(C)=O)C1=O. The van der Waals surface area contributed by atoms with Gasteiger partial charge in [0.25, 0.3) is 0 Å². The fourth-order valence-corrected chi connectivity index (χ4v) is 8.64. The van der Waals surface area contributed by atoms with E-state index in [0.717, 1.165) is 44.9 Å². The van der Waals surface area contributed by atoms with Crippen molar-refractivity contribution in [2.75, 3.05) is 60.7 Å². The molecule has 0 spiro atoms. The number of carbonyl (C=O) groups is 11. The zero-order valence-electron chi connectivity index (χ0n) is 37.2. The Kier molecular flexibility index (Phi) is 37.0. The minimum Gasteiger partial charge on any atom is -0.299 e. The summed E-state index contributed by atoms with van der Waals surface area (Å²) in [7, 11) is 3.28. The van der Waals surface area contributed by atoms with Gasteiger partial charge in [0, 0.05) is 30.9 Å². The fraction of sp³-hybridized carbons (Fsp3) is 0.585. The smallest absolute Gasteiger partial charge is 0.243 e. The van der Waals surface area contributed by atoms with Crippen LogP contribution in [0.25, 0.3) is 0 Å². The van der Waals surface area contributed by atoms with Gasteiger partial charge in [-0.2, -0.15) is 0 Å². The normalized spacial score (nSPS) is 15.1. The first kappa shape index (κ1) is 62.2. The highest BCUT2D eigenvalue weighted by Crippen LogP contribution is 2.26. The van der Waals surface area contributed by atoms with Gasteiger partial charge in [-0.1, -0.05) is 58.0 Å². The fourth-order valence-electron chi connectivity index (χ4n) is 3.84. The maximum absolute atomic E-state index is 11.8. The minimum absolute atomic E-state index is 0.0172. The molecule has 0 aromatic rings. The average molecular weight is 949 g/mol. The molecule has 0 saturated carbocycles. The molecule has 2 aliphatic heterocycles. The molecule has 61 heavy (non-hydrogen) atoms. The molecule has 0 aromatic carbocycles. The van der Waals surface area contributed by atoms with Gasteiger partial charge in [0.05, 0.1) is 53.1 Å². The van der Waals surface area contributed by atoms with Gasteiger partial charge < -0.3 is 0 Å². The lowest BCUT2D eigenvalue weighted by Gasteiger charge is -2.14. The second kappa shape index (κ2) is 36.4. The maximum Gasteiger partial charge on any atom is 0.243 e. The second-order valence-corrected chi connectivity index (χ2v) is 20.0. The van der Waals surface area contributed by atoms with E-state index < -0.39 is 10.5 Å². The third-order valence-electron chi connectivity index (χ3n) is 6.29. The van der Waals surface area contributed by atoms with Crippen molar-refractivity contribution in [2.24, 2.45) is 0 Å². The van der Waals surface area contributed by atoms with E-state index in [1.54, 1.807) is 54.1 Å². The van der Waals surface area contributed by atoms with Crippen molar-refractivity contribution in [3.8, 4) is 0 Å². The third kappa shape index (κ3) is 38.3. The van der Waals surface area contributed by atoms with E-state index in [0.29, 0.717) is 11.5 Å². The number of thioether (sulfide) groups is 3. The van der Waals surface area contributed by atoms with E-state index in [2.05, 4.69) is 30.6 Å². The molecule has 2 atom stereocenters. The number of imide groups is 2. The van der Waals surface area contributed by atoms with Crippen molar-refractivity contribution in [3.05, 3.63) is 36.5 Å². The Morgan fingerprint density at radius 1 is 0.475 bits per heavy atom. The molecule has 0 aliphatic carbocycles. The first-order valence-electron chi connectivity index (χ1n) is 18.8. The lowest BCUT2D eigenvalue weighted by Crippen LogP contribution is -2.38. The van der Waals surface area contributed by atoms with Crippen molar-refractivity contribution in [3.63, 3.8) is 0 Å². The summed E-state index contributed by atoms with van der Waals surface area (Å²) in [4.78, 5) is 122. The Labute approximate surface area is 382 Å². The number of likely N-dealkylation sites (tertiary alicyclic amines) is 2. The van der Waals surface area contributed by atoms with Crippen molar-refractivity contribution in [1.29, 1.82) is 0 Å². The second-order valence-electron chi connectivity index (χ2n) is 14.2. The number of carbonyl (C=O) groups excluding carboxylic acids is 11. The molecule has 2 rings (SSSR count). The molecule has 0 bridgehead atoms. The van der Waals surface area contributed by atoms with Crippen LogP contribution in [-0.4, -0.2) is 145 Å². The van der Waals surface area contributed by atoms with Crippen molar-refractivity contribution in [1.82, 2.24) is 20.7 Å². The summed E-state index contributed by atoms with van der Waals surface area (Å²) < 4.78 is 0. The molecule has 2 unspecified atom stereocenters. The summed E-state index contributed by atoms with van der Waals surface area (Å²) in [6, 6.07) is 0. The van der Waals surface area contributed by atoms with Crippen LogP contribution in [0.5, 0.6) is 0 Å². The number of ketones is 7. The Balaban J connectivity index is -0.000000706. The van der Waals surface area contributed by atoms with E-state index in [-0.39, 0.29) is 115 Å². The number of rotatable bonds is 24. The molecule has 2 aliphatic rings. The Morgan fingerprint density at radius 2 is 0.836 bits per heavy atom. The van der Waals surface area contributed by atoms with Gasteiger partial charge >= 0.3 is 0 Å². The van der Waals surface area contributed by atoms with E-state index in [4.69, 9.17) is 0 Å². The van der Waals surface area contributed by atoms with Gasteiger partial charge in [0.2, 0.25) is 23.6 Å². The number of nitrogens with zero attached hydrogens (tertiary/aromatic N) is 2. The van der Waals surface area contributed by atoms with Crippen LogP contribution in [0, 0.1) is 0 Å². The molecule has 2 fully saturated rings. The summed E-state index contributed by atoms with van der Waals surface area (Å²) in [5.41, 5.74) is 8.25. The van der Waals surface area contributed by atoms with Crippen LogP contribution in [0.3, 0.4) is 0 Å². The predicted octanol–water partition coefficient (Wildman–Crippen LogP) is 4.71. The third-order valence-corrected chi connectivity index (χ3v) is 12.8. The van der Waals surface area contributed by atoms with Crippen LogP contribution in [-0.2, 0) is 52.7 Å².